The zero-order valence-electron chi connectivity index (χ0n) is 8.32. The van der Waals surface area contributed by atoms with Gasteiger partial charge < -0.3 is 14.7 Å². The van der Waals surface area contributed by atoms with Crippen LogP contribution in [0.3, 0.4) is 0 Å². The zero-order chi connectivity index (χ0) is 12.5. The summed E-state index contributed by atoms with van der Waals surface area (Å²) in [5.41, 5.74) is 0. The van der Waals surface area contributed by atoms with Crippen molar-refractivity contribution in [3.8, 4) is 0 Å². The second-order valence-corrected chi connectivity index (χ2v) is 3.46. The summed E-state index contributed by atoms with van der Waals surface area (Å²) in [5.74, 6) is -3.77. The van der Waals surface area contributed by atoms with Gasteiger partial charge in [-0.2, -0.15) is 13.2 Å². The smallest absolute Gasteiger partial charge is 0.471 e. The number of carbonyl (C=O) groups is 2. The maximum atomic E-state index is 12.0. The SMILES string of the molecule is COC(C(=O)O)C1CN(C(=O)C(F)(F)F)C1. The van der Waals surface area contributed by atoms with Crippen LogP contribution in [0.4, 0.5) is 13.2 Å². The van der Waals surface area contributed by atoms with E-state index < -0.39 is 30.1 Å². The zero-order valence-corrected chi connectivity index (χ0v) is 8.32. The van der Waals surface area contributed by atoms with Crippen LogP contribution >= 0.6 is 0 Å². The minimum atomic E-state index is -4.91. The average Bonchev–Trinajstić information content (AvgIpc) is 2.06. The van der Waals surface area contributed by atoms with E-state index in [-0.39, 0.29) is 13.1 Å². The van der Waals surface area contributed by atoms with E-state index in [9.17, 15) is 22.8 Å². The van der Waals surface area contributed by atoms with Crippen molar-refractivity contribution in [2.24, 2.45) is 5.92 Å². The highest BCUT2D eigenvalue weighted by Crippen LogP contribution is 2.27. The molecule has 5 nitrogen and oxygen atoms in total. The van der Waals surface area contributed by atoms with Crippen LogP contribution in [-0.4, -0.2) is 54.4 Å². The Morgan fingerprint density at radius 2 is 1.94 bits per heavy atom. The summed E-state index contributed by atoms with van der Waals surface area (Å²) in [6.45, 7) is -0.494. The second kappa shape index (κ2) is 4.28. The van der Waals surface area contributed by atoms with Gasteiger partial charge >= 0.3 is 18.1 Å². The first kappa shape index (κ1) is 12.8. The summed E-state index contributed by atoms with van der Waals surface area (Å²) in [6, 6.07) is 0. The summed E-state index contributed by atoms with van der Waals surface area (Å²) in [5, 5.41) is 8.64. The van der Waals surface area contributed by atoms with Crippen LogP contribution in [0.2, 0.25) is 0 Å². The predicted molar refractivity (Wildman–Crippen MR) is 44.6 cm³/mol. The third-order valence-electron chi connectivity index (χ3n) is 2.36. The molecule has 1 N–H and O–H groups in total. The molecule has 8 heteroatoms. The Kier molecular flexibility index (Phi) is 3.41. The quantitative estimate of drug-likeness (QED) is 0.761. The normalized spacial score (nSPS) is 19.1. The number of hydrogen-bond donors (Lipinski definition) is 1. The van der Waals surface area contributed by atoms with Crippen LogP contribution < -0.4 is 0 Å². The number of ether oxygens (including phenoxy) is 1. The highest BCUT2D eigenvalue weighted by Gasteiger charge is 2.49. The number of carboxylic acid groups (broad SMARTS) is 1. The fourth-order valence-corrected chi connectivity index (χ4v) is 1.54. The summed E-state index contributed by atoms with van der Waals surface area (Å²) < 4.78 is 40.5. The molecule has 92 valence electrons. The standard InChI is InChI=1S/C8H10F3NO4/c1-16-5(6(13)14)4-2-12(3-4)7(15)8(9,10)11/h4-5H,2-3H2,1H3,(H,13,14). The van der Waals surface area contributed by atoms with Crippen molar-refractivity contribution >= 4 is 11.9 Å². The molecule has 0 aromatic carbocycles. The van der Waals surface area contributed by atoms with Crippen LogP contribution in [0.25, 0.3) is 0 Å². The van der Waals surface area contributed by atoms with Gasteiger partial charge in [-0.1, -0.05) is 0 Å². The summed E-state index contributed by atoms with van der Waals surface area (Å²) in [7, 11) is 1.16. The van der Waals surface area contributed by atoms with Gasteiger partial charge in [-0.05, 0) is 0 Å². The van der Waals surface area contributed by atoms with Crippen LogP contribution in [0.5, 0.6) is 0 Å². The van der Waals surface area contributed by atoms with Crippen molar-refractivity contribution in [3.05, 3.63) is 0 Å². The number of carboxylic acids is 1. The molecule has 0 radical (unpaired) electrons. The lowest BCUT2D eigenvalue weighted by molar-refractivity contribution is -0.195. The first-order chi connectivity index (χ1) is 7.27. The Labute approximate surface area is 88.8 Å². The van der Waals surface area contributed by atoms with E-state index in [1.54, 1.807) is 0 Å². The molecule has 1 fully saturated rings. The minimum absolute atomic E-state index is 0.247. The van der Waals surface area contributed by atoms with Gasteiger partial charge in [0, 0.05) is 26.1 Å². The van der Waals surface area contributed by atoms with E-state index in [1.807, 2.05) is 0 Å². The lowest BCUT2D eigenvalue weighted by Gasteiger charge is -2.41. The molecular weight excluding hydrogens is 231 g/mol. The number of likely N-dealkylation sites (tertiary alicyclic amines) is 1. The Hall–Kier alpha value is -1.31. The lowest BCUT2D eigenvalue weighted by atomic mass is 9.93. The highest BCUT2D eigenvalue weighted by molar-refractivity contribution is 5.83. The molecular formula is C8H10F3NO4. The van der Waals surface area contributed by atoms with Gasteiger partial charge in [-0.25, -0.2) is 4.79 Å². The van der Waals surface area contributed by atoms with Gasteiger partial charge in [0.1, 0.15) is 0 Å². The van der Waals surface area contributed by atoms with Crippen LogP contribution in [0.1, 0.15) is 0 Å². The molecule has 0 spiro atoms. The summed E-state index contributed by atoms with van der Waals surface area (Å²) in [4.78, 5) is 21.8. The van der Waals surface area contributed by atoms with Crippen molar-refractivity contribution in [2.45, 2.75) is 12.3 Å². The van der Waals surface area contributed by atoms with E-state index in [0.717, 1.165) is 7.11 Å². The van der Waals surface area contributed by atoms with Gasteiger partial charge in [-0.3, -0.25) is 4.79 Å². The molecule has 0 aromatic rings. The fourth-order valence-electron chi connectivity index (χ4n) is 1.54. The number of carbonyl (C=O) groups excluding carboxylic acids is 1. The van der Waals surface area contributed by atoms with Crippen molar-refractivity contribution in [3.63, 3.8) is 0 Å². The number of methoxy groups -OCH3 is 1. The molecule has 0 bridgehead atoms. The molecule has 1 atom stereocenters. The molecule has 0 aliphatic carbocycles. The highest BCUT2D eigenvalue weighted by atomic mass is 19.4. The number of alkyl halides is 3. The van der Waals surface area contributed by atoms with Crippen LogP contribution in [0.15, 0.2) is 0 Å². The third kappa shape index (κ3) is 2.43. The molecule has 1 rings (SSSR count). The molecule has 16 heavy (non-hydrogen) atoms. The number of nitrogens with zero attached hydrogens (tertiary/aromatic N) is 1. The molecule has 1 saturated heterocycles. The summed E-state index contributed by atoms with van der Waals surface area (Å²) in [6.07, 6.45) is -6.08. The van der Waals surface area contributed by atoms with E-state index in [0.29, 0.717) is 4.90 Å². The largest absolute Gasteiger partial charge is 0.479 e. The first-order valence-electron chi connectivity index (χ1n) is 4.39. The molecule has 1 amide bonds. The molecule has 1 aliphatic rings. The molecule has 1 unspecified atom stereocenters. The number of amides is 1. The number of hydrogen-bond acceptors (Lipinski definition) is 3. The Morgan fingerprint density at radius 1 is 1.44 bits per heavy atom. The molecule has 0 saturated carbocycles. The van der Waals surface area contributed by atoms with Crippen molar-refractivity contribution in [2.75, 3.05) is 20.2 Å². The van der Waals surface area contributed by atoms with Crippen LogP contribution in [0, 0.1) is 5.92 Å². The number of rotatable bonds is 3. The number of halogens is 3. The Bertz CT molecular complexity index is 298. The molecule has 1 aliphatic heterocycles. The van der Waals surface area contributed by atoms with Crippen molar-refractivity contribution in [1.82, 2.24) is 4.90 Å². The topological polar surface area (TPSA) is 66.8 Å². The van der Waals surface area contributed by atoms with Crippen LogP contribution in [-0.2, 0) is 14.3 Å². The van der Waals surface area contributed by atoms with E-state index >= 15 is 0 Å². The van der Waals surface area contributed by atoms with Crippen molar-refractivity contribution < 1.29 is 32.6 Å². The summed E-state index contributed by atoms with van der Waals surface area (Å²) >= 11 is 0. The van der Waals surface area contributed by atoms with E-state index in [1.165, 1.54) is 0 Å². The maximum absolute atomic E-state index is 12.0. The molecule has 1 heterocycles. The number of aliphatic carboxylic acids is 1. The fraction of sp³-hybridized carbons (Fsp3) is 0.750. The Morgan fingerprint density at radius 3 is 2.25 bits per heavy atom. The second-order valence-electron chi connectivity index (χ2n) is 3.46. The van der Waals surface area contributed by atoms with Gasteiger partial charge in [0.25, 0.3) is 0 Å². The third-order valence-corrected chi connectivity index (χ3v) is 2.36. The van der Waals surface area contributed by atoms with Gasteiger partial charge in [-0.15, -0.1) is 0 Å². The monoisotopic (exact) mass is 241 g/mol. The van der Waals surface area contributed by atoms with Gasteiger partial charge in [0.2, 0.25) is 0 Å². The van der Waals surface area contributed by atoms with Gasteiger partial charge in [0.05, 0.1) is 0 Å². The average molecular weight is 241 g/mol. The Balaban J connectivity index is 2.49. The van der Waals surface area contributed by atoms with Crippen molar-refractivity contribution in [1.29, 1.82) is 0 Å². The van der Waals surface area contributed by atoms with E-state index in [4.69, 9.17) is 5.11 Å². The first-order valence-corrected chi connectivity index (χ1v) is 4.39. The minimum Gasteiger partial charge on any atom is -0.479 e. The maximum Gasteiger partial charge on any atom is 0.471 e. The lowest BCUT2D eigenvalue weighted by Crippen LogP contribution is -2.59. The molecule has 0 aromatic heterocycles. The van der Waals surface area contributed by atoms with Gasteiger partial charge in [0.15, 0.2) is 6.10 Å². The predicted octanol–water partition coefficient (Wildman–Crippen LogP) is 0.107. The van der Waals surface area contributed by atoms with E-state index in [2.05, 4.69) is 4.74 Å².